The molecule has 1 atom stereocenters. The Bertz CT molecular complexity index is 491. The number of hydrogen-bond donors (Lipinski definition) is 1. The Hall–Kier alpha value is -0.870. The van der Waals surface area contributed by atoms with Crippen LogP contribution in [-0.4, -0.2) is 13.0 Å². The van der Waals surface area contributed by atoms with Gasteiger partial charge in [0.15, 0.2) is 0 Å². The molecule has 0 radical (unpaired) electrons. The lowest BCUT2D eigenvalue weighted by Crippen LogP contribution is -1.99. The van der Waals surface area contributed by atoms with Gasteiger partial charge in [-0.05, 0) is 30.0 Å². The third-order valence-electron chi connectivity index (χ3n) is 3.99. The molecule has 1 aromatic carbocycles. The summed E-state index contributed by atoms with van der Waals surface area (Å²) < 4.78 is 30.9. The van der Waals surface area contributed by atoms with E-state index in [1.54, 1.807) is 12.1 Å². The van der Waals surface area contributed by atoms with Crippen molar-refractivity contribution in [2.24, 2.45) is 0 Å². The van der Waals surface area contributed by atoms with Crippen molar-refractivity contribution >= 4 is 10.1 Å². The average Bonchev–Trinajstić information content (AvgIpc) is 2.45. The van der Waals surface area contributed by atoms with Gasteiger partial charge in [-0.1, -0.05) is 70.9 Å². The molecule has 120 valence electrons. The molecule has 0 fully saturated rings. The van der Waals surface area contributed by atoms with Crippen molar-refractivity contribution in [3.8, 4) is 0 Å². The monoisotopic (exact) mass is 312 g/mol. The molecule has 1 unspecified atom stereocenters. The molecule has 1 N–H and O–H groups in total. The Kier molecular flexibility index (Phi) is 7.97. The minimum atomic E-state index is -4.08. The van der Waals surface area contributed by atoms with Crippen LogP contribution in [0.15, 0.2) is 29.2 Å². The maximum atomic E-state index is 11.0. The van der Waals surface area contributed by atoms with Crippen molar-refractivity contribution in [3.63, 3.8) is 0 Å². The molecule has 1 rings (SSSR count). The van der Waals surface area contributed by atoms with Crippen LogP contribution in [0.2, 0.25) is 0 Å². The van der Waals surface area contributed by atoms with Gasteiger partial charge in [0.05, 0.1) is 4.90 Å². The lowest BCUT2D eigenvalue weighted by Gasteiger charge is -2.12. The van der Waals surface area contributed by atoms with Crippen molar-refractivity contribution in [1.29, 1.82) is 0 Å². The highest BCUT2D eigenvalue weighted by Crippen LogP contribution is 2.23. The standard InChI is InChI=1S/C17H28O3S/c1-3-4-5-6-7-8-9-10-15(2)16-11-13-17(14-12-16)21(18,19)20/h11-15H,3-10H2,1-2H3,(H,18,19,20). The van der Waals surface area contributed by atoms with E-state index in [0.29, 0.717) is 5.92 Å². The fraction of sp³-hybridized carbons (Fsp3) is 0.647. The summed E-state index contributed by atoms with van der Waals surface area (Å²) in [5, 5.41) is 0. The molecule has 4 heteroatoms. The smallest absolute Gasteiger partial charge is 0.282 e. The molecule has 0 amide bonds. The average molecular weight is 312 g/mol. The zero-order valence-electron chi connectivity index (χ0n) is 13.2. The van der Waals surface area contributed by atoms with E-state index < -0.39 is 10.1 Å². The molecule has 1 aromatic rings. The van der Waals surface area contributed by atoms with Crippen LogP contribution in [0.1, 0.15) is 76.7 Å². The maximum absolute atomic E-state index is 11.0. The number of rotatable bonds is 10. The van der Waals surface area contributed by atoms with E-state index in [1.165, 1.54) is 57.1 Å². The van der Waals surface area contributed by atoms with E-state index in [4.69, 9.17) is 4.55 Å². The van der Waals surface area contributed by atoms with Gasteiger partial charge in [0.2, 0.25) is 0 Å². The molecule has 0 aliphatic carbocycles. The first-order chi connectivity index (χ1) is 9.95. The predicted molar refractivity (Wildman–Crippen MR) is 87.3 cm³/mol. The normalized spacial score (nSPS) is 13.3. The van der Waals surface area contributed by atoms with Crippen LogP contribution < -0.4 is 0 Å². The summed E-state index contributed by atoms with van der Waals surface area (Å²) >= 11 is 0. The third kappa shape index (κ3) is 7.09. The fourth-order valence-electron chi connectivity index (χ4n) is 2.54. The summed E-state index contributed by atoms with van der Waals surface area (Å²) in [4.78, 5) is -0.0330. The molecular weight excluding hydrogens is 284 g/mol. The van der Waals surface area contributed by atoms with Gasteiger partial charge in [0.25, 0.3) is 10.1 Å². The van der Waals surface area contributed by atoms with Crippen LogP contribution in [-0.2, 0) is 10.1 Å². The zero-order valence-corrected chi connectivity index (χ0v) is 14.0. The third-order valence-corrected chi connectivity index (χ3v) is 4.86. The Labute approximate surface area is 129 Å². The molecule has 0 spiro atoms. The van der Waals surface area contributed by atoms with E-state index in [9.17, 15) is 8.42 Å². The van der Waals surface area contributed by atoms with Gasteiger partial charge >= 0.3 is 0 Å². The first-order valence-corrected chi connectivity index (χ1v) is 9.46. The molecule has 0 aliphatic heterocycles. The van der Waals surface area contributed by atoms with Crippen molar-refractivity contribution in [3.05, 3.63) is 29.8 Å². The van der Waals surface area contributed by atoms with Crippen LogP contribution in [0.4, 0.5) is 0 Å². The Balaban J connectivity index is 2.31. The van der Waals surface area contributed by atoms with Crippen molar-refractivity contribution in [1.82, 2.24) is 0 Å². The van der Waals surface area contributed by atoms with E-state index in [-0.39, 0.29) is 4.90 Å². The second-order valence-electron chi connectivity index (χ2n) is 5.86. The fourth-order valence-corrected chi connectivity index (χ4v) is 3.02. The molecular formula is C17H28O3S. The first kappa shape index (κ1) is 18.2. The molecule has 0 aromatic heterocycles. The van der Waals surface area contributed by atoms with Gasteiger partial charge < -0.3 is 0 Å². The highest BCUT2D eigenvalue weighted by atomic mass is 32.2. The van der Waals surface area contributed by atoms with Crippen molar-refractivity contribution in [2.45, 2.75) is 76.0 Å². The van der Waals surface area contributed by atoms with Gasteiger partial charge in [0, 0.05) is 0 Å². The molecule has 0 bridgehead atoms. The topological polar surface area (TPSA) is 54.4 Å². The SMILES string of the molecule is CCCCCCCCCC(C)c1ccc(S(=O)(=O)O)cc1. The van der Waals surface area contributed by atoms with E-state index in [0.717, 1.165) is 12.0 Å². The molecule has 0 heterocycles. The van der Waals surface area contributed by atoms with Gasteiger partial charge in [-0.3, -0.25) is 4.55 Å². The number of hydrogen-bond acceptors (Lipinski definition) is 2. The highest BCUT2D eigenvalue weighted by molar-refractivity contribution is 7.85. The summed E-state index contributed by atoms with van der Waals surface area (Å²) in [7, 11) is -4.08. The van der Waals surface area contributed by atoms with E-state index >= 15 is 0 Å². The van der Waals surface area contributed by atoms with Crippen LogP contribution in [0.5, 0.6) is 0 Å². The van der Waals surface area contributed by atoms with Gasteiger partial charge in [-0.15, -0.1) is 0 Å². The molecule has 0 aliphatic rings. The Morgan fingerprint density at radius 2 is 1.48 bits per heavy atom. The Morgan fingerprint density at radius 3 is 2.00 bits per heavy atom. The summed E-state index contributed by atoms with van der Waals surface area (Å²) in [6, 6.07) is 6.56. The summed E-state index contributed by atoms with van der Waals surface area (Å²) in [5.74, 6) is 0.427. The number of unbranched alkanes of at least 4 members (excludes halogenated alkanes) is 6. The van der Waals surface area contributed by atoms with Crippen LogP contribution in [0.3, 0.4) is 0 Å². The summed E-state index contributed by atoms with van der Waals surface area (Å²) in [6.07, 6.45) is 10.2. The van der Waals surface area contributed by atoms with E-state index in [1.807, 2.05) is 0 Å². The largest absolute Gasteiger partial charge is 0.294 e. The summed E-state index contributed by atoms with van der Waals surface area (Å²) in [5.41, 5.74) is 1.13. The second kappa shape index (κ2) is 9.21. The van der Waals surface area contributed by atoms with E-state index in [2.05, 4.69) is 13.8 Å². The van der Waals surface area contributed by atoms with Gasteiger partial charge in [-0.2, -0.15) is 8.42 Å². The van der Waals surface area contributed by atoms with Crippen LogP contribution in [0.25, 0.3) is 0 Å². The van der Waals surface area contributed by atoms with Crippen LogP contribution in [0, 0.1) is 0 Å². The zero-order chi connectivity index (χ0) is 15.7. The maximum Gasteiger partial charge on any atom is 0.294 e. The predicted octanol–water partition coefficient (Wildman–Crippen LogP) is 5.18. The Morgan fingerprint density at radius 1 is 0.952 bits per heavy atom. The molecule has 0 saturated carbocycles. The van der Waals surface area contributed by atoms with Crippen molar-refractivity contribution < 1.29 is 13.0 Å². The highest BCUT2D eigenvalue weighted by Gasteiger charge is 2.10. The summed E-state index contributed by atoms with van der Waals surface area (Å²) in [6.45, 7) is 4.40. The van der Waals surface area contributed by atoms with Gasteiger partial charge in [-0.25, -0.2) is 0 Å². The quantitative estimate of drug-likeness (QED) is 0.478. The minimum absolute atomic E-state index is 0.0330. The molecule has 21 heavy (non-hydrogen) atoms. The lowest BCUT2D eigenvalue weighted by atomic mass is 9.95. The van der Waals surface area contributed by atoms with Crippen LogP contribution >= 0.6 is 0 Å². The molecule has 0 saturated heterocycles. The van der Waals surface area contributed by atoms with Crippen molar-refractivity contribution in [2.75, 3.05) is 0 Å². The minimum Gasteiger partial charge on any atom is -0.282 e. The second-order valence-corrected chi connectivity index (χ2v) is 7.28. The molecule has 3 nitrogen and oxygen atoms in total. The number of benzene rings is 1. The lowest BCUT2D eigenvalue weighted by molar-refractivity contribution is 0.483. The first-order valence-electron chi connectivity index (χ1n) is 8.02. The van der Waals surface area contributed by atoms with Gasteiger partial charge in [0.1, 0.15) is 0 Å².